The molecule has 172 valence electrons. The molecular formula is C20H26F3N3O5. The summed E-state index contributed by atoms with van der Waals surface area (Å²) in [5, 5.41) is 8.57. The van der Waals surface area contributed by atoms with Gasteiger partial charge < -0.3 is 9.74 Å². The topological polar surface area (TPSA) is 90.4 Å². The molecule has 11 heteroatoms. The maximum atomic E-state index is 12.3. The number of carbonyl (C=O) groups excluding carboxylic acids is 3. The smallest absolute Gasteiger partial charge is 0.335 e. The molecule has 1 heterocycles. The Kier molecular flexibility index (Phi) is 8.02. The van der Waals surface area contributed by atoms with Gasteiger partial charge in [0.15, 0.2) is 0 Å². The predicted molar refractivity (Wildman–Crippen MR) is 103 cm³/mol. The molecule has 2 rings (SSSR count). The summed E-state index contributed by atoms with van der Waals surface area (Å²) in [6, 6.07) is 5.92. The molecule has 0 saturated carbocycles. The first-order valence-electron chi connectivity index (χ1n) is 9.89. The first-order valence-corrected chi connectivity index (χ1v) is 9.89. The van der Waals surface area contributed by atoms with Gasteiger partial charge in [-0.05, 0) is 43.2 Å². The van der Waals surface area contributed by atoms with Gasteiger partial charge in [-0.1, -0.05) is 19.1 Å². The van der Waals surface area contributed by atoms with Crippen molar-refractivity contribution in [3.8, 4) is 0 Å². The minimum absolute atomic E-state index is 0.0508. The van der Waals surface area contributed by atoms with Gasteiger partial charge in [0, 0.05) is 43.7 Å². The number of benzene rings is 1. The normalized spacial score (nSPS) is 19.8. The Morgan fingerprint density at radius 2 is 1.68 bits per heavy atom. The summed E-state index contributed by atoms with van der Waals surface area (Å²) in [5.41, 5.74) is 0.680. The number of hydrogen-bond acceptors (Lipinski definition) is 6. The number of hydrogen-bond donors (Lipinski definition) is 1. The second-order valence-corrected chi connectivity index (χ2v) is 7.59. The summed E-state index contributed by atoms with van der Waals surface area (Å²) < 4.78 is 36.5. The average molecular weight is 445 g/mol. The highest BCUT2D eigenvalue weighted by molar-refractivity contribution is 5.93. The molecule has 2 atom stereocenters. The molecule has 0 bridgehead atoms. The molecule has 0 unspecified atom stereocenters. The average Bonchev–Trinajstić information content (AvgIpc) is 2.67. The zero-order chi connectivity index (χ0) is 23.3. The van der Waals surface area contributed by atoms with Crippen molar-refractivity contribution in [1.29, 1.82) is 0 Å². The van der Waals surface area contributed by atoms with Crippen LogP contribution in [0, 0.1) is 0 Å². The molecule has 0 aliphatic carbocycles. The van der Waals surface area contributed by atoms with Gasteiger partial charge in [0.1, 0.15) is 0 Å². The minimum atomic E-state index is -5.34. The van der Waals surface area contributed by atoms with Crippen LogP contribution in [0.1, 0.15) is 49.5 Å². The first-order chi connectivity index (χ1) is 14.4. The quantitative estimate of drug-likeness (QED) is 0.554. The monoisotopic (exact) mass is 445 g/mol. The Bertz CT molecular complexity index is 788. The summed E-state index contributed by atoms with van der Waals surface area (Å²) in [6.45, 7) is 7.86. The van der Waals surface area contributed by atoms with E-state index in [-0.39, 0.29) is 23.6 Å². The Balaban J connectivity index is 1.96. The second-order valence-electron chi connectivity index (χ2n) is 7.59. The zero-order valence-corrected chi connectivity index (χ0v) is 17.6. The highest BCUT2D eigenvalue weighted by atomic mass is 19.4. The Morgan fingerprint density at radius 3 is 2.16 bits per heavy atom. The van der Waals surface area contributed by atoms with Crippen LogP contribution in [0.4, 0.5) is 13.2 Å². The molecule has 1 saturated heterocycles. The lowest BCUT2D eigenvalue weighted by molar-refractivity contribution is -0.301. The van der Waals surface area contributed by atoms with E-state index in [1.807, 2.05) is 25.7 Å². The van der Waals surface area contributed by atoms with Crippen LogP contribution >= 0.6 is 0 Å². The van der Waals surface area contributed by atoms with Crippen LogP contribution in [-0.4, -0.2) is 69.4 Å². The van der Waals surface area contributed by atoms with Gasteiger partial charge in [-0.2, -0.15) is 13.2 Å². The van der Waals surface area contributed by atoms with E-state index in [0.29, 0.717) is 26.1 Å². The lowest BCUT2D eigenvalue weighted by atomic mass is 10.0. The number of halogens is 3. The van der Waals surface area contributed by atoms with Crippen molar-refractivity contribution in [3.63, 3.8) is 0 Å². The third-order valence-corrected chi connectivity index (χ3v) is 4.93. The van der Waals surface area contributed by atoms with Gasteiger partial charge in [-0.25, -0.2) is 4.79 Å². The SMILES string of the molecule is CCCC(=O)N1[C@H](C)CN(Cc2ccc(C(=O)N(O)OC(=O)C(F)(F)F)cc2)C[C@@H]1C. The molecule has 31 heavy (non-hydrogen) atoms. The molecule has 1 fully saturated rings. The molecule has 1 aliphatic heterocycles. The van der Waals surface area contributed by atoms with Crippen LogP contribution in [0.2, 0.25) is 0 Å². The lowest BCUT2D eigenvalue weighted by Gasteiger charge is -2.44. The van der Waals surface area contributed by atoms with Crippen LogP contribution in [0.3, 0.4) is 0 Å². The highest BCUT2D eigenvalue weighted by Gasteiger charge is 2.43. The number of alkyl halides is 3. The Hall–Kier alpha value is -2.66. The van der Waals surface area contributed by atoms with E-state index in [0.717, 1.165) is 12.0 Å². The van der Waals surface area contributed by atoms with Crippen molar-refractivity contribution in [2.75, 3.05) is 13.1 Å². The maximum absolute atomic E-state index is 12.3. The molecule has 1 N–H and O–H groups in total. The summed E-state index contributed by atoms with van der Waals surface area (Å²) in [6.07, 6.45) is -4.03. The first kappa shape index (κ1) is 24.6. The predicted octanol–water partition coefficient (Wildman–Crippen LogP) is 2.76. The maximum Gasteiger partial charge on any atom is 0.493 e. The van der Waals surface area contributed by atoms with Gasteiger partial charge in [0.2, 0.25) is 5.91 Å². The van der Waals surface area contributed by atoms with Gasteiger partial charge >= 0.3 is 18.1 Å². The number of carbonyl (C=O) groups is 3. The molecular weight excluding hydrogens is 419 g/mol. The van der Waals surface area contributed by atoms with E-state index < -0.39 is 23.3 Å². The molecule has 8 nitrogen and oxygen atoms in total. The van der Waals surface area contributed by atoms with Crippen molar-refractivity contribution < 1.29 is 37.6 Å². The third-order valence-electron chi connectivity index (χ3n) is 4.93. The summed E-state index contributed by atoms with van der Waals surface area (Å²) in [7, 11) is 0. The number of rotatable bonds is 5. The van der Waals surface area contributed by atoms with Gasteiger partial charge in [0.05, 0.1) is 0 Å². The number of hydroxylamine groups is 2. The zero-order valence-electron chi connectivity index (χ0n) is 17.6. The van der Waals surface area contributed by atoms with Gasteiger partial charge in [0.25, 0.3) is 0 Å². The number of amides is 2. The van der Waals surface area contributed by atoms with E-state index >= 15 is 0 Å². The van der Waals surface area contributed by atoms with Crippen molar-refractivity contribution in [2.45, 2.75) is 58.4 Å². The van der Waals surface area contributed by atoms with Crippen molar-refractivity contribution in [2.24, 2.45) is 0 Å². The molecule has 1 aliphatic rings. The van der Waals surface area contributed by atoms with E-state index in [9.17, 15) is 32.8 Å². The largest absolute Gasteiger partial charge is 0.493 e. The summed E-state index contributed by atoms with van der Waals surface area (Å²) in [4.78, 5) is 42.6. The third kappa shape index (κ3) is 6.41. The Morgan fingerprint density at radius 1 is 1.13 bits per heavy atom. The van der Waals surface area contributed by atoms with Crippen LogP contribution in [-0.2, 0) is 21.0 Å². The highest BCUT2D eigenvalue weighted by Crippen LogP contribution is 2.20. The number of piperazine rings is 1. The number of nitrogens with zero attached hydrogens (tertiary/aromatic N) is 3. The van der Waals surface area contributed by atoms with Crippen LogP contribution in [0.25, 0.3) is 0 Å². The second kappa shape index (κ2) is 10.1. The van der Waals surface area contributed by atoms with E-state index in [1.165, 1.54) is 12.1 Å². The van der Waals surface area contributed by atoms with E-state index in [1.54, 1.807) is 12.1 Å². The van der Waals surface area contributed by atoms with Crippen molar-refractivity contribution in [1.82, 2.24) is 15.0 Å². The minimum Gasteiger partial charge on any atom is -0.335 e. The molecule has 2 amide bonds. The van der Waals surface area contributed by atoms with Crippen LogP contribution in [0.5, 0.6) is 0 Å². The molecule has 1 aromatic carbocycles. The molecule has 1 aromatic rings. The molecule has 0 spiro atoms. The van der Waals surface area contributed by atoms with Crippen molar-refractivity contribution in [3.05, 3.63) is 35.4 Å². The van der Waals surface area contributed by atoms with E-state index in [2.05, 4.69) is 9.74 Å². The van der Waals surface area contributed by atoms with E-state index in [4.69, 9.17) is 0 Å². The lowest BCUT2D eigenvalue weighted by Crippen LogP contribution is -2.58. The fraction of sp³-hybridized carbons (Fsp3) is 0.550. The fourth-order valence-electron chi connectivity index (χ4n) is 3.69. The molecule has 0 radical (unpaired) electrons. The summed E-state index contributed by atoms with van der Waals surface area (Å²) >= 11 is 0. The van der Waals surface area contributed by atoms with Crippen molar-refractivity contribution >= 4 is 17.8 Å². The van der Waals surface area contributed by atoms with Gasteiger partial charge in [-0.15, -0.1) is 0 Å². The Labute approximate surface area is 178 Å². The van der Waals surface area contributed by atoms with Crippen LogP contribution in [0.15, 0.2) is 24.3 Å². The molecule has 0 aromatic heterocycles. The fourth-order valence-corrected chi connectivity index (χ4v) is 3.69. The summed E-state index contributed by atoms with van der Waals surface area (Å²) in [5.74, 6) is -3.88. The van der Waals surface area contributed by atoms with Gasteiger partial charge in [-0.3, -0.25) is 19.7 Å². The standard InChI is InChI=1S/C20H26F3N3O5/c1-4-5-17(27)25-13(2)10-24(11-14(25)3)12-15-6-8-16(9-7-15)18(28)26(30)31-19(29)20(21,22)23/h6-9,13-14,30H,4-5,10-12H2,1-3H3/t13-,14+. The van der Waals surface area contributed by atoms with Crippen LogP contribution < -0.4 is 0 Å².